The molecule has 2 amide bonds. The van der Waals surface area contributed by atoms with E-state index in [1.54, 1.807) is 51.3 Å². The van der Waals surface area contributed by atoms with Crippen molar-refractivity contribution in [1.29, 1.82) is 0 Å². The van der Waals surface area contributed by atoms with Crippen molar-refractivity contribution in [1.82, 2.24) is 19.8 Å². The second-order valence-corrected chi connectivity index (χ2v) is 19.0. The van der Waals surface area contributed by atoms with E-state index in [2.05, 4.69) is 55.7 Å². The molecule has 2 aliphatic rings. The summed E-state index contributed by atoms with van der Waals surface area (Å²) in [5, 5.41) is 0.850. The molecule has 2 aliphatic heterocycles. The summed E-state index contributed by atoms with van der Waals surface area (Å²) in [6.07, 6.45) is 13.7. The van der Waals surface area contributed by atoms with Gasteiger partial charge >= 0.3 is 0 Å². The Labute approximate surface area is 431 Å². The molecular weight excluding hydrogens is 952 g/mol. The number of aliphatic imine (C=N–C) groups is 2. The van der Waals surface area contributed by atoms with Gasteiger partial charge in [-0.05, 0) is 110 Å². The van der Waals surface area contributed by atoms with Gasteiger partial charge in [0.1, 0.15) is 49.4 Å². The van der Waals surface area contributed by atoms with Crippen LogP contribution in [0.3, 0.4) is 0 Å². The molecule has 72 heavy (non-hydrogen) atoms. The molecule has 4 aromatic carbocycles. The summed E-state index contributed by atoms with van der Waals surface area (Å²) in [5.41, 5.74) is 22.8. The minimum atomic E-state index is -0.358. The van der Waals surface area contributed by atoms with E-state index in [0.29, 0.717) is 59.0 Å². The van der Waals surface area contributed by atoms with E-state index in [9.17, 15) is 9.59 Å². The monoisotopic (exact) mass is 1010 g/mol. The Hall–Kier alpha value is -6.84. The number of hydrogen-bond acceptors (Lipinski definition) is 12. The number of ether oxygens (including phenoxy) is 4. The Morgan fingerprint density at radius 1 is 0.597 bits per heavy atom. The third kappa shape index (κ3) is 12.6. The van der Waals surface area contributed by atoms with Crippen LogP contribution in [0.25, 0.3) is 11.1 Å². The number of carbonyl (C=O) groups is 2. The smallest absolute Gasteiger partial charge is 0.234 e. The van der Waals surface area contributed by atoms with Gasteiger partial charge in [0.2, 0.25) is 11.8 Å². The fraction of sp³-hybridized carbons (Fsp3) is 0.321. The SMILES string of the molecule is CN=Cc1cncc(COc2cc(OCc3cccc(-c4cccc(COc5cc(OCc6cncc(C=NC)c6)c(CN6CCC[C@H]6C(N)=O)cc5Cl)c4C)c3C)c(Cl)cc2CN2CCC[C@H]2C(N)=O)c1. The Balaban J connectivity index is 1.00. The molecule has 0 spiro atoms. The molecule has 2 saturated heterocycles. The lowest BCUT2D eigenvalue weighted by Crippen LogP contribution is -2.39. The van der Waals surface area contributed by atoms with Gasteiger partial charge < -0.3 is 30.4 Å². The number of benzene rings is 4. The maximum Gasteiger partial charge on any atom is 0.234 e. The van der Waals surface area contributed by atoms with Crippen molar-refractivity contribution in [3.63, 3.8) is 0 Å². The summed E-state index contributed by atoms with van der Waals surface area (Å²) < 4.78 is 25.9. The molecule has 2 atom stereocenters. The number of primary amides is 2. The molecule has 0 bridgehead atoms. The molecule has 2 fully saturated rings. The van der Waals surface area contributed by atoms with Crippen LogP contribution < -0.4 is 30.4 Å². The van der Waals surface area contributed by atoms with E-state index < -0.39 is 0 Å². The minimum absolute atomic E-state index is 0.243. The molecule has 8 rings (SSSR count). The summed E-state index contributed by atoms with van der Waals surface area (Å²) in [7, 11) is 3.43. The van der Waals surface area contributed by atoms with Crippen LogP contribution in [0, 0.1) is 13.8 Å². The van der Waals surface area contributed by atoms with Crippen LogP contribution in [0.15, 0.2) is 108 Å². The Kier molecular flexibility index (Phi) is 17.2. The number of halogens is 2. The van der Waals surface area contributed by atoms with Crippen molar-refractivity contribution in [3.8, 4) is 34.1 Å². The number of aromatic nitrogens is 2. The van der Waals surface area contributed by atoms with Gasteiger partial charge in [-0.15, -0.1) is 0 Å². The number of amides is 2. The quantitative estimate of drug-likeness (QED) is 0.0660. The first kappa shape index (κ1) is 51.5. The number of hydrogen-bond donors (Lipinski definition) is 2. The van der Waals surface area contributed by atoms with Crippen LogP contribution in [-0.4, -0.2) is 83.3 Å². The van der Waals surface area contributed by atoms with Crippen molar-refractivity contribution in [2.45, 2.75) is 91.1 Å². The van der Waals surface area contributed by atoms with Gasteiger partial charge in [0.25, 0.3) is 0 Å². The molecule has 14 nitrogen and oxygen atoms in total. The summed E-state index contributed by atoms with van der Waals surface area (Å²) in [6, 6.07) is 23.0. The van der Waals surface area contributed by atoms with Crippen LogP contribution in [0.2, 0.25) is 10.0 Å². The standard InChI is InChI=1S/C56H60Cl2N8O6/c1-35-41(33-71-53-21-51(69-31-39-17-37(23-61-3)25-63-27-39)43(19-47(53)57)29-65-15-7-13-49(65)55(59)67)9-5-11-45(35)46-12-6-10-42(36(46)2)34-72-54-22-52(70-32-40-18-38(24-62-4)26-64-28-40)44(20-48(54)58)30-66-16-8-14-50(66)56(60)68/h5-6,9-12,17-28,49-50H,7-8,13-16,29-34H2,1-4H3,(H2,59,67)(H2,60,68)/t49-,50-/m0/s1. The first-order valence-corrected chi connectivity index (χ1v) is 24.8. The molecule has 2 aromatic heterocycles. The number of likely N-dealkylation sites (tertiary alicyclic amines) is 2. The summed E-state index contributed by atoms with van der Waals surface area (Å²) >= 11 is 13.9. The predicted octanol–water partition coefficient (Wildman–Crippen LogP) is 9.38. The summed E-state index contributed by atoms with van der Waals surface area (Å²) in [6.45, 7) is 7.50. The second kappa shape index (κ2) is 24.1. The van der Waals surface area contributed by atoms with Gasteiger partial charge in [0, 0.05) is 110 Å². The highest BCUT2D eigenvalue weighted by Gasteiger charge is 2.31. The highest BCUT2D eigenvalue weighted by molar-refractivity contribution is 6.32. The van der Waals surface area contributed by atoms with Crippen LogP contribution in [0.5, 0.6) is 23.0 Å². The first-order valence-electron chi connectivity index (χ1n) is 24.0. The van der Waals surface area contributed by atoms with E-state index >= 15 is 0 Å². The van der Waals surface area contributed by atoms with Gasteiger partial charge in [-0.1, -0.05) is 59.6 Å². The summed E-state index contributed by atoms with van der Waals surface area (Å²) in [5.74, 6) is 1.42. The zero-order valence-corrected chi connectivity index (χ0v) is 42.6. The van der Waals surface area contributed by atoms with Crippen molar-refractivity contribution in [2.24, 2.45) is 21.5 Å². The molecule has 16 heteroatoms. The van der Waals surface area contributed by atoms with Crippen molar-refractivity contribution in [2.75, 3.05) is 27.2 Å². The Morgan fingerprint density at radius 2 is 1.01 bits per heavy atom. The van der Waals surface area contributed by atoms with Crippen LogP contribution in [0.1, 0.15) is 81.3 Å². The maximum atomic E-state index is 12.3. The normalized spacial score (nSPS) is 16.2. The van der Waals surface area contributed by atoms with E-state index in [1.807, 2.05) is 60.7 Å². The summed E-state index contributed by atoms with van der Waals surface area (Å²) in [4.78, 5) is 45.7. The molecule has 0 radical (unpaired) electrons. The van der Waals surface area contributed by atoms with Crippen molar-refractivity contribution >= 4 is 47.4 Å². The number of rotatable bonds is 21. The third-order valence-electron chi connectivity index (χ3n) is 13.3. The number of nitrogens with zero attached hydrogens (tertiary/aromatic N) is 6. The van der Waals surface area contributed by atoms with Gasteiger partial charge in [-0.2, -0.15) is 0 Å². The van der Waals surface area contributed by atoms with Crippen LogP contribution in [-0.2, 0) is 49.1 Å². The average Bonchev–Trinajstić information content (AvgIpc) is 4.04. The van der Waals surface area contributed by atoms with Gasteiger partial charge in [-0.25, -0.2) is 0 Å². The van der Waals surface area contributed by atoms with Crippen LogP contribution >= 0.6 is 23.2 Å². The number of carbonyl (C=O) groups excluding carboxylic acids is 2. The number of pyridine rings is 2. The Morgan fingerprint density at radius 3 is 1.42 bits per heavy atom. The second-order valence-electron chi connectivity index (χ2n) is 18.2. The zero-order valence-electron chi connectivity index (χ0n) is 41.1. The fourth-order valence-electron chi connectivity index (χ4n) is 9.51. The molecule has 0 unspecified atom stereocenters. The van der Waals surface area contributed by atoms with E-state index in [-0.39, 0.29) is 50.3 Å². The maximum absolute atomic E-state index is 12.3. The first-order chi connectivity index (χ1) is 34.9. The molecule has 4 heterocycles. The van der Waals surface area contributed by atoms with E-state index in [1.165, 1.54) is 0 Å². The van der Waals surface area contributed by atoms with Crippen molar-refractivity contribution in [3.05, 3.63) is 163 Å². The fourth-order valence-corrected chi connectivity index (χ4v) is 9.99. The van der Waals surface area contributed by atoms with Crippen molar-refractivity contribution < 1.29 is 28.5 Å². The molecular formula is C56H60Cl2N8O6. The highest BCUT2D eigenvalue weighted by atomic mass is 35.5. The highest BCUT2D eigenvalue weighted by Crippen LogP contribution is 2.39. The zero-order chi connectivity index (χ0) is 50.7. The molecule has 4 N–H and O–H groups in total. The topological polar surface area (TPSA) is 180 Å². The van der Waals surface area contributed by atoms with E-state index in [0.717, 1.165) is 92.7 Å². The van der Waals surface area contributed by atoms with Crippen LogP contribution in [0.4, 0.5) is 0 Å². The molecule has 0 saturated carbocycles. The molecule has 374 valence electrons. The van der Waals surface area contributed by atoms with E-state index in [4.69, 9.17) is 53.6 Å². The molecule has 0 aliphatic carbocycles. The lowest BCUT2D eigenvalue weighted by atomic mass is 9.92. The van der Waals surface area contributed by atoms with Gasteiger partial charge in [-0.3, -0.25) is 39.3 Å². The average molecular weight is 1010 g/mol. The molecule has 6 aromatic rings. The van der Waals surface area contributed by atoms with Gasteiger partial charge in [0.05, 0.1) is 22.1 Å². The predicted molar refractivity (Wildman–Crippen MR) is 282 cm³/mol. The number of nitrogens with two attached hydrogens (primary N) is 2. The minimum Gasteiger partial charge on any atom is -0.488 e. The lowest BCUT2D eigenvalue weighted by molar-refractivity contribution is -0.123. The largest absolute Gasteiger partial charge is 0.488 e. The third-order valence-corrected chi connectivity index (χ3v) is 13.9. The van der Waals surface area contributed by atoms with Gasteiger partial charge in [0.15, 0.2) is 0 Å². The lowest BCUT2D eigenvalue weighted by Gasteiger charge is -2.24. The Bertz CT molecular complexity index is 2790.